The van der Waals surface area contributed by atoms with Gasteiger partial charge in [0.1, 0.15) is 17.2 Å². The zero-order chi connectivity index (χ0) is 31.1. The van der Waals surface area contributed by atoms with E-state index >= 15 is 0 Å². The van der Waals surface area contributed by atoms with Gasteiger partial charge in [-0.25, -0.2) is 0 Å². The van der Waals surface area contributed by atoms with Crippen LogP contribution in [-0.4, -0.2) is 29.4 Å². The zero-order valence-corrected chi connectivity index (χ0v) is 21.9. The molecule has 1 amide bonds. The molecule has 0 saturated carbocycles. The highest BCUT2D eigenvalue weighted by atomic mass is 19.4. The van der Waals surface area contributed by atoms with Gasteiger partial charge in [0, 0.05) is 18.3 Å². The number of anilines is 1. The Kier molecular flexibility index (Phi) is 8.04. The minimum Gasteiger partial charge on any atom is -0.484 e. The fourth-order valence-electron chi connectivity index (χ4n) is 4.41. The highest BCUT2D eigenvalue weighted by Gasteiger charge is 2.41. The van der Waals surface area contributed by atoms with Crippen molar-refractivity contribution in [1.29, 1.82) is 0 Å². The topological polar surface area (TPSA) is 54.8 Å². The van der Waals surface area contributed by atoms with E-state index in [1.165, 1.54) is 35.2 Å². The maximum Gasteiger partial charge on any atom is 0.433 e. The van der Waals surface area contributed by atoms with Crippen LogP contribution >= 0.6 is 0 Å². The number of benzene rings is 2. The van der Waals surface area contributed by atoms with Crippen LogP contribution in [0.5, 0.6) is 5.75 Å². The molecule has 1 saturated heterocycles. The van der Waals surface area contributed by atoms with E-state index in [9.17, 15) is 44.3 Å². The number of amides is 1. The quantitative estimate of drug-likeness (QED) is 0.269. The molecule has 1 aromatic heterocycles. The number of alkyl halides is 9. The maximum absolute atomic E-state index is 13.6. The molecular weight excluding hydrogens is 581 g/mol. The summed E-state index contributed by atoms with van der Waals surface area (Å²) in [7, 11) is 0. The first-order valence-corrected chi connectivity index (χ1v) is 12.3. The third-order valence-electron chi connectivity index (χ3n) is 6.46. The molecule has 0 spiro atoms. The SMILES string of the molecule is CC(C)(N=C1C[C@H](c2cccc(OCC(F)(F)F)c2)N(c2ccc(C(F)(F)F)cc2)C1=O)c1ccc(C(F)(F)F)nc1. The largest absolute Gasteiger partial charge is 0.484 e. The lowest BCUT2D eigenvalue weighted by Gasteiger charge is -2.25. The summed E-state index contributed by atoms with van der Waals surface area (Å²) >= 11 is 0. The van der Waals surface area contributed by atoms with E-state index < -0.39 is 53.9 Å². The first-order chi connectivity index (χ1) is 19.3. The summed E-state index contributed by atoms with van der Waals surface area (Å²) in [5, 5.41) is 0. The highest BCUT2D eigenvalue weighted by molar-refractivity contribution is 6.46. The number of rotatable bonds is 6. The van der Waals surface area contributed by atoms with Gasteiger partial charge in [-0.1, -0.05) is 18.2 Å². The minimum absolute atomic E-state index is 0.0496. The molecule has 224 valence electrons. The second-order valence-corrected chi connectivity index (χ2v) is 9.96. The lowest BCUT2D eigenvalue weighted by atomic mass is 9.95. The fraction of sp³-hybridized carbons (Fsp3) is 0.321. The number of carbonyl (C=O) groups is 1. The van der Waals surface area contributed by atoms with Gasteiger partial charge in [0.25, 0.3) is 5.91 Å². The van der Waals surface area contributed by atoms with Gasteiger partial charge in [0.2, 0.25) is 0 Å². The first-order valence-electron chi connectivity index (χ1n) is 12.3. The first kappa shape index (κ1) is 30.8. The number of hydrogen-bond acceptors (Lipinski definition) is 4. The lowest BCUT2D eigenvalue weighted by Crippen LogP contribution is -2.30. The normalized spacial score (nSPS) is 17.7. The molecule has 1 fully saturated rings. The van der Waals surface area contributed by atoms with Gasteiger partial charge in [-0.2, -0.15) is 39.5 Å². The van der Waals surface area contributed by atoms with Gasteiger partial charge in [0.15, 0.2) is 6.61 Å². The van der Waals surface area contributed by atoms with E-state index in [0.29, 0.717) is 5.56 Å². The molecule has 0 aliphatic carbocycles. The standard InChI is InChI=1S/C28H22F9N3O2/c1-25(2,18-8-11-23(38-14-18)28(35,36)37)39-21-13-22(16-4-3-5-20(12-16)42-15-26(29,30)31)40(24(21)41)19-9-6-17(7-10-19)27(32,33)34/h3-12,14,22H,13,15H2,1-2H3/t22-/m1/s1. The zero-order valence-electron chi connectivity index (χ0n) is 21.9. The van der Waals surface area contributed by atoms with Crippen molar-refractivity contribution in [2.24, 2.45) is 4.99 Å². The summed E-state index contributed by atoms with van der Waals surface area (Å²) in [6.45, 7) is 1.52. The second kappa shape index (κ2) is 11.0. The summed E-state index contributed by atoms with van der Waals surface area (Å²) < 4.78 is 121. The predicted octanol–water partition coefficient (Wildman–Crippen LogP) is 7.91. The molecule has 14 heteroatoms. The monoisotopic (exact) mass is 603 g/mol. The average molecular weight is 603 g/mol. The molecule has 1 atom stereocenters. The Bertz CT molecular complexity index is 1460. The summed E-state index contributed by atoms with van der Waals surface area (Å²) in [6, 6.07) is 10.3. The molecule has 0 unspecified atom stereocenters. The van der Waals surface area contributed by atoms with Crippen LogP contribution < -0.4 is 9.64 Å². The highest BCUT2D eigenvalue weighted by Crippen LogP contribution is 2.40. The van der Waals surface area contributed by atoms with Crippen LogP contribution in [0.4, 0.5) is 45.2 Å². The summed E-state index contributed by atoms with van der Waals surface area (Å²) in [6.07, 6.45) is -13.0. The Balaban J connectivity index is 1.73. The number of carbonyl (C=O) groups excluding carboxylic acids is 1. The molecule has 0 bridgehead atoms. The third kappa shape index (κ3) is 7.02. The Hall–Kier alpha value is -4.10. The molecule has 0 radical (unpaired) electrons. The number of halogens is 9. The Labute approximate surface area is 233 Å². The van der Waals surface area contributed by atoms with Gasteiger partial charge in [0.05, 0.1) is 17.1 Å². The summed E-state index contributed by atoms with van der Waals surface area (Å²) in [4.78, 5) is 22.7. The summed E-state index contributed by atoms with van der Waals surface area (Å²) in [5.41, 5.74) is -2.73. The Morgan fingerprint density at radius 1 is 0.881 bits per heavy atom. The van der Waals surface area contributed by atoms with Crippen LogP contribution in [0.1, 0.15) is 48.7 Å². The van der Waals surface area contributed by atoms with Crippen LogP contribution in [0, 0.1) is 0 Å². The Morgan fingerprint density at radius 3 is 2.07 bits per heavy atom. The van der Waals surface area contributed by atoms with E-state index in [1.807, 2.05) is 0 Å². The molecule has 42 heavy (non-hydrogen) atoms. The van der Waals surface area contributed by atoms with Gasteiger partial charge in [-0.15, -0.1) is 0 Å². The maximum atomic E-state index is 13.6. The molecule has 4 rings (SSSR count). The molecule has 3 aromatic rings. The predicted molar refractivity (Wildman–Crippen MR) is 134 cm³/mol. The summed E-state index contributed by atoms with van der Waals surface area (Å²) in [5.74, 6) is -0.847. The van der Waals surface area contributed by atoms with E-state index in [0.717, 1.165) is 36.5 Å². The van der Waals surface area contributed by atoms with E-state index in [1.54, 1.807) is 13.8 Å². The molecule has 5 nitrogen and oxygen atoms in total. The minimum atomic E-state index is -4.66. The molecule has 2 heterocycles. The van der Waals surface area contributed by atoms with Crippen LogP contribution in [0.15, 0.2) is 71.9 Å². The van der Waals surface area contributed by atoms with Gasteiger partial charge < -0.3 is 4.74 Å². The number of aliphatic imine (C=N–C) groups is 1. The van der Waals surface area contributed by atoms with Gasteiger partial charge >= 0.3 is 18.5 Å². The van der Waals surface area contributed by atoms with Crippen molar-refractivity contribution < 1.29 is 49.0 Å². The van der Waals surface area contributed by atoms with Crippen molar-refractivity contribution in [3.63, 3.8) is 0 Å². The molecule has 0 N–H and O–H groups in total. The van der Waals surface area contributed by atoms with Crippen molar-refractivity contribution in [3.8, 4) is 5.75 Å². The number of pyridine rings is 1. The van der Waals surface area contributed by atoms with Crippen LogP contribution in [0.25, 0.3) is 0 Å². The van der Waals surface area contributed by atoms with E-state index in [4.69, 9.17) is 4.74 Å². The molecular formula is C28H22F9N3O2. The Morgan fingerprint density at radius 2 is 1.52 bits per heavy atom. The van der Waals surface area contributed by atoms with Gasteiger partial charge in [-0.3, -0.25) is 19.7 Å². The van der Waals surface area contributed by atoms with Crippen LogP contribution in [0.2, 0.25) is 0 Å². The van der Waals surface area contributed by atoms with E-state index in [2.05, 4.69) is 9.98 Å². The van der Waals surface area contributed by atoms with Crippen molar-refractivity contribution in [3.05, 3.63) is 89.2 Å². The molecule has 1 aliphatic heterocycles. The number of hydrogen-bond donors (Lipinski definition) is 0. The van der Waals surface area contributed by atoms with Crippen molar-refractivity contribution in [1.82, 2.24) is 4.98 Å². The lowest BCUT2D eigenvalue weighted by molar-refractivity contribution is -0.153. The smallest absolute Gasteiger partial charge is 0.433 e. The van der Waals surface area contributed by atoms with E-state index in [-0.39, 0.29) is 29.1 Å². The van der Waals surface area contributed by atoms with Gasteiger partial charge in [-0.05, 0) is 67.4 Å². The average Bonchev–Trinajstić information content (AvgIpc) is 3.21. The van der Waals surface area contributed by atoms with Crippen LogP contribution in [-0.2, 0) is 22.7 Å². The molecule has 1 aliphatic rings. The third-order valence-corrected chi connectivity index (χ3v) is 6.46. The number of nitrogens with zero attached hydrogens (tertiary/aromatic N) is 3. The van der Waals surface area contributed by atoms with Crippen molar-refractivity contribution in [2.45, 2.75) is 50.4 Å². The second-order valence-electron chi connectivity index (χ2n) is 9.96. The number of ether oxygens (including phenoxy) is 1. The van der Waals surface area contributed by atoms with Crippen molar-refractivity contribution >= 4 is 17.3 Å². The van der Waals surface area contributed by atoms with Crippen molar-refractivity contribution in [2.75, 3.05) is 11.5 Å². The number of aromatic nitrogens is 1. The fourth-order valence-corrected chi connectivity index (χ4v) is 4.41. The van der Waals surface area contributed by atoms with Crippen LogP contribution in [0.3, 0.4) is 0 Å². The molecule has 2 aromatic carbocycles.